The molecule has 1 fully saturated rings. The van der Waals surface area contributed by atoms with Gasteiger partial charge in [-0.1, -0.05) is 11.6 Å². The van der Waals surface area contributed by atoms with Gasteiger partial charge in [0.25, 0.3) is 0 Å². The molecule has 2 aromatic rings. The lowest BCUT2D eigenvalue weighted by atomic mass is 10.0. The van der Waals surface area contributed by atoms with E-state index in [1.807, 2.05) is 16.9 Å². The standard InChI is InChI=1S/C11H12ClN5/c12-10-4-15-17(8-10)7-9-5-16(6-9)11-13-2-1-3-14-11/h1-4,8-9H,5-7H2. The van der Waals surface area contributed by atoms with Gasteiger partial charge >= 0.3 is 0 Å². The summed E-state index contributed by atoms with van der Waals surface area (Å²) in [6.45, 7) is 2.85. The summed E-state index contributed by atoms with van der Waals surface area (Å²) in [5.41, 5.74) is 0. The van der Waals surface area contributed by atoms with Crippen LogP contribution in [0.3, 0.4) is 0 Å². The highest BCUT2D eigenvalue weighted by molar-refractivity contribution is 6.30. The molecule has 0 aromatic carbocycles. The van der Waals surface area contributed by atoms with Gasteiger partial charge in [0.15, 0.2) is 0 Å². The average molecular weight is 250 g/mol. The van der Waals surface area contributed by atoms with E-state index < -0.39 is 0 Å². The van der Waals surface area contributed by atoms with Crippen molar-refractivity contribution < 1.29 is 0 Å². The van der Waals surface area contributed by atoms with Crippen molar-refractivity contribution in [3.05, 3.63) is 35.9 Å². The summed E-state index contributed by atoms with van der Waals surface area (Å²) in [7, 11) is 0. The van der Waals surface area contributed by atoms with Crippen molar-refractivity contribution in [2.75, 3.05) is 18.0 Å². The van der Waals surface area contributed by atoms with E-state index in [1.54, 1.807) is 18.6 Å². The molecule has 0 bridgehead atoms. The molecule has 0 amide bonds. The van der Waals surface area contributed by atoms with E-state index in [4.69, 9.17) is 11.6 Å². The zero-order valence-corrected chi connectivity index (χ0v) is 9.96. The summed E-state index contributed by atoms with van der Waals surface area (Å²) >= 11 is 5.82. The molecule has 0 spiro atoms. The molecule has 1 aliphatic rings. The number of anilines is 1. The fourth-order valence-electron chi connectivity index (χ4n) is 2.01. The molecule has 1 aliphatic heterocycles. The van der Waals surface area contributed by atoms with Crippen LogP contribution in [0.15, 0.2) is 30.9 Å². The lowest BCUT2D eigenvalue weighted by Gasteiger charge is -2.39. The van der Waals surface area contributed by atoms with Gasteiger partial charge in [-0.05, 0) is 6.07 Å². The van der Waals surface area contributed by atoms with Gasteiger partial charge in [0.2, 0.25) is 5.95 Å². The normalized spacial score (nSPS) is 15.9. The van der Waals surface area contributed by atoms with Crippen LogP contribution in [-0.4, -0.2) is 32.8 Å². The summed E-state index contributed by atoms with van der Waals surface area (Å²) in [5.74, 6) is 1.40. The van der Waals surface area contributed by atoms with E-state index >= 15 is 0 Å². The minimum Gasteiger partial charge on any atom is -0.340 e. The van der Waals surface area contributed by atoms with Crippen molar-refractivity contribution in [1.82, 2.24) is 19.7 Å². The Kier molecular flexibility index (Phi) is 2.68. The zero-order valence-electron chi connectivity index (χ0n) is 9.20. The molecule has 0 saturated carbocycles. The van der Waals surface area contributed by atoms with Gasteiger partial charge < -0.3 is 4.90 Å². The van der Waals surface area contributed by atoms with Crippen LogP contribution < -0.4 is 4.90 Å². The summed E-state index contributed by atoms with van der Waals surface area (Å²) in [6.07, 6.45) is 7.05. The SMILES string of the molecule is Clc1cnn(CC2CN(c3ncccn3)C2)c1. The lowest BCUT2D eigenvalue weighted by molar-refractivity contribution is 0.338. The number of aromatic nitrogens is 4. The zero-order chi connectivity index (χ0) is 11.7. The van der Waals surface area contributed by atoms with Gasteiger partial charge in [-0.2, -0.15) is 5.10 Å². The molecule has 6 heteroatoms. The quantitative estimate of drug-likeness (QED) is 0.826. The van der Waals surface area contributed by atoms with Crippen LogP contribution in [0.25, 0.3) is 0 Å². The first-order chi connectivity index (χ1) is 8.31. The maximum atomic E-state index is 5.82. The Morgan fingerprint density at radius 3 is 2.71 bits per heavy atom. The van der Waals surface area contributed by atoms with Crippen LogP contribution in [0, 0.1) is 5.92 Å². The Morgan fingerprint density at radius 1 is 1.29 bits per heavy atom. The maximum absolute atomic E-state index is 5.82. The van der Waals surface area contributed by atoms with Gasteiger partial charge in [-0.15, -0.1) is 0 Å². The van der Waals surface area contributed by atoms with E-state index in [-0.39, 0.29) is 0 Å². The molecule has 0 aliphatic carbocycles. The third-order valence-corrected chi connectivity index (χ3v) is 3.03. The molecule has 2 aromatic heterocycles. The topological polar surface area (TPSA) is 46.8 Å². The first kappa shape index (κ1) is 10.5. The van der Waals surface area contributed by atoms with Crippen molar-refractivity contribution >= 4 is 17.5 Å². The fraction of sp³-hybridized carbons (Fsp3) is 0.364. The Labute approximate surface area is 104 Å². The van der Waals surface area contributed by atoms with Crippen molar-refractivity contribution in [3.63, 3.8) is 0 Å². The van der Waals surface area contributed by atoms with Gasteiger partial charge in [0.05, 0.1) is 11.2 Å². The van der Waals surface area contributed by atoms with Crippen molar-refractivity contribution in [2.24, 2.45) is 5.92 Å². The minimum absolute atomic E-state index is 0.592. The molecule has 1 saturated heterocycles. The lowest BCUT2D eigenvalue weighted by Crippen LogP contribution is -2.49. The fourth-order valence-corrected chi connectivity index (χ4v) is 2.16. The van der Waals surface area contributed by atoms with E-state index in [9.17, 15) is 0 Å². The van der Waals surface area contributed by atoms with Gasteiger partial charge in [0.1, 0.15) is 0 Å². The molecule has 0 atom stereocenters. The Morgan fingerprint density at radius 2 is 2.06 bits per heavy atom. The number of rotatable bonds is 3. The molecule has 88 valence electrons. The van der Waals surface area contributed by atoms with Crippen LogP contribution >= 0.6 is 11.6 Å². The van der Waals surface area contributed by atoms with Crippen LogP contribution in [0.2, 0.25) is 5.02 Å². The van der Waals surface area contributed by atoms with E-state index in [1.165, 1.54) is 0 Å². The average Bonchev–Trinajstić information content (AvgIpc) is 2.70. The van der Waals surface area contributed by atoms with Gasteiger partial charge in [-0.3, -0.25) is 4.68 Å². The largest absolute Gasteiger partial charge is 0.340 e. The molecule has 17 heavy (non-hydrogen) atoms. The van der Waals surface area contributed by atoms with Crippen LogP contribution in [0.4, 0.5) is 5.95 Å². The Hall–Kier alpha value is -1.62. The van der Waals surface area contributed by atoms with Crippen LogP contribution in [0.1, 0.15) is 0 Å². The minimum atomic E-state index is 0.592. The van der Waals surface area contributed by atoms with Crippen LogP contribution in [0.5, 0.6) is 0 Å². The molecular weight excluding hydrogens is 238 g/mol. The molecule has 3 rings (SSSR count). The number of halogens is 1. The first-order valence-electron chi connectivity index (χ1n) is 5.51. The molecule has 5 nitrogen and oxygen atoms in total. The first-order valence-corrected chi connectivity index (χ1v) is 5.89. The molecule has 0 N–H and O–H groups in total. The smallest absolute Gasteiger partial charge is 0.225 e. The molecule has 0 radical (unpaired) electrons. The Balaban J connectivity index is 1.55. The highest BCUT2D eigenvalue weighted by atomic mass is 35.5. The van der Waals surface area contributed by atoms with Crippen molar-refractivity contribution in [3.8, 4) is 0 Å². The monoisotopic (exact) mass is 249 g/mol. The van der Waals surface area contributed by atoms with Crippen molar-refractivity contribution in [1.29, 1.82) is 0 Å². The summed E-state index contributed by atoms with van der Waals surface area (Å²) in [4.78, 5) is 10.6. The second kappa shape index (κ2) is 4.33. The van der Waals surface area contributed by atoms with E-state index in [0.717, 1.165) is 25.6 Å². The third kappa shape index (κ3) is 2.24. The van der Waals surface area contributed by atoms with Crippen molar-refractivity contribution in [2.45, 2.75) is 6.54 Å². The molecule has 0 unspecified atom stereocenters. The molecule has 3 heterocycles. The summed E-state index contributed by atoms with van der Waals surface area (Å²) < 4.78 is 1.89. The summed E-state index contributed by atoms with van der Waals surface area (Å²) in [6, 6.07) is 1.83. The third-order valence-electron chi connectivity index (χ3n) is 2.84. The summed E-state index contributed by atoms with van der Waals surface area (Å²) in [5, 5.41) is 4.86. The molecular formula is C11H12ClN5. The van der Waals surface area contributed by atoms with Gasteiger partial charge in [0, 0.05) is 44.1 Å². The Bertz CT molecular complexity index is 492. The van der Waals surface area contributed by atoms with Gasteiger partial charge in [-0.25, -0.2) is 9.97 Å². The highest BCUT2D eigenvalue weighted by Gasteiger charge is 2.28. The van der Waals surface area contributed by atoms with Crippen LogP contribution in [-0.2, 0) is 6.54 Å². The number of hydrogen-bond acceptors (Lipinski definition) is 4. The maximum Gasteiger partial charge on any atom is 0.225 e. The predicted molar refractivity (Wildman–Crippen MR) is 65.0 cm³/mol. The second-order valence-corrected chi connectivity index (χ2v) is 4.64. The van der Waals surface area contributed by atoms with E-state index in [0.29, 0.717) is 10.9 Å². The number of hydrogen-bond donors (Lipinski definition) is 0. The van der Waals surface area contributed by atoms with E-state index in [2.05, 4.69) is 20.0 Å². The second-order valence-electron chi connectivity index (χ2n) is 4.20. The predicted octanol–water partition coefficient (Wildman–Crippen LogP) is 1.46. The highest BCUT2D eigenvalue weighted by Crippen LogP contribution is 2.21. The number of nitrogens with zero attached hydrogens (tertiary/aromatic N) is 5.